The first-order valence-corrected chi connectivity index (χ1v) is 10.7. The molecular weight excluding hydrogens is 398 g/mol. The molecule has 1 aliphatic rings. The molecule has 1 aromatic carbocycles. The Morgan fingerprint density at radius 3 is 2.45 bits per heavy atom. The molecule has 0 aliphatic carbocycles. The van der Waals surface area contributed by atoms with Crippen LogP contribution in [-0.2, 0) is 9.59 Å². The third-order valence-corrected chi connectivity index (χ3v) is 5.14. The van der Waals surface area contributed by atoms with Gasteiger partial charge in [-0.25, -0.2) is 0 Å². The van der Waals surface area contributed by atoms with Crippen LogP contribution in [0.4, 0.5) is 0 Å². The van der Waals surface area contributed by atoms with E-state index in [-0.39, 0.29) is 11.3 Å². The van der Waals surface area contributed by atoms with Crippen LogP contribution in [0.5, 0.6) is 11.5 Å². The van der Waals surface area contributed by atoms with Crippen molar-refractivity contribution < 1.29 is 28.6 Å². The molecular formula is C24H29NO6. The molecule has 2 aromatic rings. The molecule has 0 bridgehead atoms. The number of benzene rings is 1. The molecule has 1 saturated heterocycles. The number of aliphatic hydroxyl groups is 1. The second-order valence-corrected chi connectivity index (χ2v) is 7.32. The van der Waals surface area contributed by atoms with Gasteiger partial charge in [-0.05, 0) is 51.5 Å². The molecule has 166 valence electrons. The first-order chi connectivity index (χ1) is 14.9. The Balaban J connectivity index is 2.16. The fourth-order valence-corrected chi connectivity index (χ4v) is 3.71. The maximum atomic E-state index is 13.0. The lowest BCUT2D eigenvalue weighted by molar-refractivity contribution is -0.140. The van der Waals surface area contributed by atoms with Crippen LogP contribution >= 0.6 is 0 Å². The van der Waals surface area contributed by atoms with Gasteiger partial charge in [0.15, 0.2) is 0 Å². The van der Waals surface area contributed by atoms with Crippen LogP contribution in [-0.4, -0.2) is 41.5 Å². The molecule has 1 unspecified atom stereocenters. The summed E-state index contributed by atoms with van der Waals surface area (Å²) in [5, 5.41) is 11.2. The van der Waals surface area contributed by atoms with Crippen molar-refractivity contribution >= 4 is 17.4 Å². The van der Waals surface area contributed by atoms with Gasteiger partial charge >= 0.3 is 0 Å². The summed E-state index contributed by atoms with van der Waals surface area (Å²) in [5.74, 6) is 0.402. The van der Waals surface area contributed by atoms with Gasteiger partial charge in [0, 0.05) is 12.6 Å². The third-order valence-electron chi connectivity index (χ3n) is 5.14. The molecule has 0 saturated carbocycles. The summed E-state index contributed by atoms with van der Waals surface area (Å²) in [6, 6.07) is 7.72. The van der Waals surface area contributed by atoms with Crippen molar-refractivity contribution in [2.75, 3.05) is 19.8 Å². The molecule has 1 aromatic heterocycles. The number of likely N-dealkylation sites (tertiary alicyclic amines) is 1. The van der Waals surface area contributed by atoms with Gasteiger partial charge < -0.3 is 23.9 Å². The summed E-state index contributed by atoms with van der Waals surface area (Å²) < 4.78 is 17.0. The maximum Gasteiger partial charge on any atom is 0.295 e. The molecule has 1 aliphatic heterocycles. The Morgan fingerprint density at radius 2 is 1.84 bits per heavy atom. The van der Waals surface area contributed by atoms with Crippen molar-refractivity contribution in [3.63, 3.8) is 0 Å². The predicted molar refractivity (Wildman–Crippen MR) is 116 cm³/mol. The summed E-state index contributed by atoms with van der Waals surface area (Å²) >= 11 is 0. The lowest BCUT2D eigenvalue weighted by atomic mass is 9.98. The number of ether oxygens (including phenoxy) is 2. The van der Waals surface area contributed by atoms with Crippen molar-refractivity contribution in [3.05, 3.63) is 53.0 Å². The minimum absolute atomic E-state index is 0.000524. The number of aliphatic hydroxyl groups excluding tert-OH is 1. The van der Waals surface area contributed by atoms with Crippen LogP contribution in [0.2, 0.25) is 0 Å². The number of carbonyl (C=O) groups excluding carboxylic acids is 2. The maximum absolute atomic E-state index is 13.0. The Labute approximate surface area is 182 Å². The van der Waals surface area contributed by atoms with E-state index < -0.39 is 17.7 Å². The highest BCUT2D eigenvalue weighted by Crippen LogP contribution is 2.42. The monoisotopic (exact) mass is 427 g/mol. The second kappa shape index (κ2) is 9.73. The third kappa shape index (κ3) is 4.45. The molecule has 1 N–H and O–H groups in total. The molecule has 7 nitrogen and oxygen atoms in total. The first-order valence-electron chi connectivity index (χ1n) is 10.7. The topological polar surface area (TPSA) is 89.2 Å². The van der Waals surface area contributed by atoms with E-state index in [4.69, 9.17) is 13.9 Å². The number of Topliss-reactive ketones (excluding diaryl/α,β-unsaturated/α-hetero) is 1. The van der Waals surface area contributed by atoms with E-state index in [0.717, 1.165) is 12.8 Å². The normalized spacial score (nSPS) is 17.9. The standard InChI is InChI=1S/C24H29NO6/c1-5-8-13-25-21(18-12-9-15(4)31-18)20(23(27)24(25)28)22(26)17-11-10-16(29-6-2)14-19(17)30-7-3/h9-12,14,21,26H,5-8,13H2,1-4H3/b22-20-. The summed E-state index contributed by atoms with van der Waals surface area (Å²) in [5.41, 5.74) is 0.327. The average molecular weight is 427 g/mol. The lowest BCUT2D eigenvalue weighted by Gasteiger charge is -2.23. The van der Waals surface area contributed by atoms with Crippen LogP contribution in [0.25, 0.3) is 5.76 Å². The summed E-state index contributed by atoms with van der Waals surface area (Å²) in [6.07, 6.45) is 1.59. The molecule has 1 atom stereocenters. The van der Waals surface area contributed by atoms with E-state index in [0.29, 0.717) is 48.3 Å². The quantitative estimate of drug-likeness (QED) is 0.357. The first kappa shape index (κ1) is 22.5. The SMILES string of the molecule is CCCCN1C(=O)C(=O)/C(=C(\O)c2ccc(OCC)cc2OCC)C1c1ccc(C)o1. The Kier molecular flexibility index (Phi) is 7.05. The summed E-state index contributed by atoms with van der Waals surface area (Å²) in [4.78, 5) is 27.3. The largest absolute Gasteiger partial charge is 0.507 e. The van der Waals surface area contributed by atoms with Crippen molar-refractivity contribution in [1.29, 1.82) is 0 Å². The molecule has 1 amide bonds. The minimum atomic E-state index is -0.790. The number of hydrogen-bond acceptors (Lipinski definition) is 6. The highest BCUT2D eigenvalue weighted by atomic mass is 16.5. The Hall–Kier alpha value is -3.22. The van der Waals surface area contributed by atoms with E-state index in [1.165, 1.54) is 4.90 Å². The second-order valence-electron chi connectivity index (χ2n) is 7.32. The fourth-order valence-electron chi connectivity index (χ4n) is 3.71. The van der Waals surface area contributed by atoms with Crippen molar-refractivity contribution in [3.8, 4) is 11.5 Å². The number of ketones is 1. The minimum Gasteiger partial charge on any atom is -0.507 e. The smallest absolute Gasteiger partial charge is 0.295 e. The van der Waals surface area contributed by atoms with E-state index in [1.807, 2.05) is 20.8 Å². The van der Waals surface area contributed by atoms with Crippen molar-refractivity contribution in [2.45, 2.75) is 46.6 Å². The number of furan rings is 1. The number of hydrogen-bond donors (Lipinski definition) is 1. The molecule has 2 heterocycles. The number of amides is 1. The van der Waals surface area contributed by atoms with Crippen LogP contribution < -0.4 is 9.47 Å². The van der Waals surface area contributed by atoms with E-state index in [1.54, 1.807) is 37.3 Å². The van der Waals surface area contributed by atoms with E-state index in [2.05, 4.69) is 0 Å². The van der Waals surface area contributed by atoms with Crippen LogP contribution in [0.15, 0.2) is 40.3 Å². The lowest BCUT2D eigenvalue weighted by Crippen LogP contribution is -2.30. The highest BCUT2D eigenvalue weighted by Gasteiger charge is 2.47. The van der Waals surface area contributed by atoms with E-state index >= 15 is 0 Å². The van der Waals surface area contributed by atoms with Gasteiger partial charge in [-0.3, -0.25) is 9.59 Å². The molecule has 1 fully saturated rings. The van der Waals surface area contributed by atoms with Crippen LogP contribution in [0.3, 0.4) is 0 Å². The Morgan fingerprint density at radius 1 is 1.10 bits per heavy atom. The number of rotatable bonds is 9. The zero-order chi connectivity index (χ0) is 22.5. The molecule has 0 radical (unpaired) electrons. The van der Waals surface area contributed by atoms with Gasteiger partial charge in [0.05, 0.1) is 24.4 Å². The van der Waals surface area contributed by atoms with Crippen molar-refractivity contribution in [1.82, 2.24) is 4.90 Å². The molecule has 7 heteroatoms. The van der Waals surface area contributed by atoms with Crippen LogP contribution in [0.1, 0.15) is 56.7 Å². The zero-order valence-electron chi connectivity index (χ0n) is 18.4. The van der Waals surface area contributed by atoms with Gasteiger partial charge in [0.25, 0.3) is 11.7 Å². The van der Waals surface area contributed by atoms with Gasteiger partial charge in [0.1, 0.15) is 34.8 Å². The number of nitrogens with zero attached hydrogens (tertiary/aromatic N) is 1. The average Bonchev–Trinajstić information content (AvgIpc) is 3.28. The predicted octanol–water partition coefficient (Wildman–Crippen LogP) is 4.61. The van der Waals surface area contributed by atoms with Gasteiger partial charge in [0.2, 0.25) is 0 Å². The van der Waals surface area contributed by atoms with Crippen molar-refractivity contribution in [2.24, 2.45) is 0 Å². The number of carbonyl (C=O) groups is 2. The number of aryl methyl sites for hydroxylation is 1. The highest BCUT2D eigenvalue weighted by molar-refractivity contribution is 6.46. The molecule has 31 heavy (non-hydrogen) atoms. The fraction of sp³-hybridized carbons (Fsp3) is 0.417. The summed E-state index contributed by atoms with van der Waals surface area (Å²) in [7, 11) is 0. The Bertz CT molecular complexity index is 990. The van der Waals surface area contributed by atoms with Gasteiger partial charge in [-0.1, -0.05) is 13.3 Å². The van der Waals surface area contributed by atoms with E-state index in [9.17, 15) is 14.7 Å². The molecule has 3 rings (SSSR count). The number of unbranched alkanes of at least 4 members (excludes halogenated alkanes) is 1. The zero-order valence-corrected chi connectivity index (χ0v) is 18.4. The van der Waals surface area contributed by atoms with Crippen LogP contribution in [0, 0.1) is 6.92 Å². The summed E-state index contributed by atoms with van der Waals surface area (Å²) in [6.45, 7) is 8.74. The van der Waals surface area contributed by atoms with Gasteiger partial charge in [-0.15, -0.1) is 0 Å². The van der Waals surface area contributed by atoms with Gasteiger partial charge in [-0.2, -0.15) is 0 Å². The molecule has 0 spiro atoms.